The normalized spacial score (nSPS) is 14.8. The van der Waals surface area contributed by atoms with Crippen LogP contribution in [0.1, 0.15) is 0 Å². The van der Waals surface area contributed by atoms with Crippen molar-refractivity contribution >= 4 is 108 Å². The number of benzene rings is 2. The second-order valence-corrected chi connectivity index (χ2v) is 8.70. The van der Waals surface area contributed by atoms with E-state index in [1.807, 2.05) is 0 Å². The molecule has 1 aliphatic rings. The van der Waals surface area contributed by atoms with Gasteiger partial charge in [-0.25, -0.2) is 16.8 Å². The van der Waals surface area contributed by atoms with E-state index in [1.54, 1.807) is 0 Å². The number of rotatable bonds is 6. The third-order valence-corrected chi connectivity index (χ3v) is 5.60. The molecule has 0 N–H and O–H groups in total. The van der Waals surface area contributed by atoms with E-state index in [0.29, 0.717) is 5.01 Å². The van der Waals surface area contributed by atoms with Crippen LogP contribution in [0.2, 0.25) is 0 Å². The maximum absolute atomic E-state index is 12.6. The van der Waals surface area contributed by atoms with E-state index >= 15 is 0 Å². The van der Waals surface area contributed by atoms with Crippen molar-refractivity contribution in [3.8, 4) is 0 Å². The van der Waals surface area contributed by atoms with Crippen LogP contribution in [0, 0.1) is 0 Å². The van der Waals surface area contributed by atoms with Gasteiger partial charge in [0.1, 0.15) is 25.9 Å². The number of nitrogens with zero attached hydrogens (tertiary/aromatic N) is 4. The molecule has 0 aromatic heterocycles. The topological polar surface area (TPSA) is 212 Å². The standard InChI is InChI=1S/C16H12N4O9S2.5Na.2H/c21-15-13(18-17-9-1-5-11(6-2-9)30(24,25)26)14(16(22)23)19-20(15)10-3-7-12(8-4-10)31(27,28)29;;;;;;;/h1-8,13H,(H,22,23)(H,24,25,26)(H,27,28,29);;;;;;;/q;;;3*+1;;/p-3. The van der Waals surface area contributed by atoms with Gasteiger partial charge in [0.25, 0.3) is 5.91 Å². The van der Waals surface area contributed by atoms with Crippen molar-refractivity contribution in [2.75, 3.05) is 5.01 Å². The summed E-state index contributed by atoms with van der Waals surface area (Å²) in [5.41, 5.74) is -0.812. The quantitative estimate of drug-likeness (QED) is 0.179. The zero-order chi connectivity index (χ0) is 23.0. The SMILES string of the molecule is O=C([O-])C1=NN(c2ccc(S(=O)(=O)[O-])cc2)C(=O)C1N=Nc1ccc(S(=O)(=O)[O-])cc1.[Na+].[Na+].[Na+].[NaH].[NaH]. The number of carbonyl (C=O) groups excluding carboxylic acids is 2. The summed E-state index contributed by atoms with van der Waals surface area (Å²) in [6.45, 7) is 0. The number of hydrogen-bond acceptors (Lipinski definition) is 12. The van der Waals surface area contributed by atoms with Gasteiger partial charge in [0, 0.05) is 0 Å². The first-order valence-electron chi connectivity index (χ1n) is 8.04. The number of amides is 1. The van der Waals surface area contributed by atoms with Gasteiger partial charge in [0.05, 0.1) is 27.1 Å². The number of carbonyl (C=O) groups is 2. The summed E-state index contributed by atoms with van der Waals surface area (Å²) >= 11 is 0. The van der Waals surface area contributed by atoms with Crippen LogP contribution in [0.4, 0.5) is 11.4 Å². The minimum absolute atomic E-state index is 0. The molecule has 3 rings (SSSR count). The van der Waals surface area contributed by atoms with Gasteiger partial charge in [-0.2, -0.15) is 20.3 Å². The molecule has 0 saturated heterocycles. The number of carboxylic acid groups (broad SMARTS) is 1. The van der Waals surface area contributed by atoms with E-state index in [9.17, 15) is 40.6 Å². The number of anilines is 1. The summed E-state index contributed by atoms with van der Waals surface area (Å²) in [6.07, 6.45) is 0. The fourth-order valence-corrected chi connectivity index (χ4v) is 3.38. The zero-order valence-corrected chi connectivity index (χ0v) is 25.6. The molecule has 0 aliphatic carbocycles. The molecule has 1 atom stereocenters. The third-order valence-electron chi connectivity index (χ3n) is 3.90. The van der Waals surface area contributed by atoms with E-state index in [1.165, 1.54) is 0 Å². The number of aliphatic carboxylic acids is 1. The summed E-state index contributed by atoms with van der Waals surface area (Å²) < 4.78 is 65.7. The van der Waals surface area contributed by atoms with Crippen LogP contribution in [0.15, 0.2) is 73.7 Å². The van der Waals surface area contributed by atoms with E-state index in [4.69, 9.17) is 0 Å². The van der Waals surface area contributed by atoms with Crippen LogP contribution >= 0.6 is 0 Å². The average Bonchev–Trinajstić information content (AvgIpc) is 3.02. The minimum atomic E-state index is -4.73. The molecule has 0 bridgehead atoms. The van der Waals surface area contributed by atoms with E-state index in [0.717, 1.165) is 48.5 Å². The Morgan fingerprint density at radius 3 is 1.64 bits per heavy atom. The molecule has 1 amide bonds. The van der Waals surface area contributed by atoms with Crippen LogP contribution < -0.4 is 98.8 Å². The maximum atomic E-state index is 12.6. The average molecular weight is 582 g/mol. The molecular weight excluding hydrogens is 571 g/mol. The molecule has 2 aromatic carbocycles. The molecule has 36 heavy (non-hydrogen) atoms. The van der Waals surface area contributed by atoms with Crippen LogP contribution in [0.25, 0.3) is 0 Å². The van der Waals surface area contributed by atoms with Gasteiger partial charge in [-0.05, 0) is 48.5 Å². The predicted octanol–water partition coefficient (Wildman–Crippen LogP) is -11.2. The van der Waals surface area contributed by atoms with Crippen molar-refractivity contribution in [1.82, 2.24) is 0 Å². The molecule has 20 heteroatoms. The Hall–Kier alpha value is 1.47. The van der Waals surface area contributed by atoms with Crippen LogP contribution in [0.3, 0.4) is 0 Å². The Bertz CT molecular complexity index is 1340. The summed E-state index contributed by atoms with van der Waals surface area (Å²) in [5.74, 6) is -2.77. The Labute approximate surface area is 316 Å². The molecule has 1 aliphatic heterocycles. The van der Waals surface area contributed by atoms with Crippen molar-refractivity contribution in [3.05, 3.63) is 48.5 Å². The predicted molar refractivity (Wildman–Crippen MR) is 111 cm³/mol. The van der Waals surface area contributed by atoms with Crippen molar-refractivity contribution < 1.29 is 129 Å². The first-order valence-corrected chi connectivity index (χ1v) is 10.9. The Morgan fingerprint density at radius 1 is 0.833 bits per heavy atom. The number of azo groups is 1. The Balaban J connectivity index is -0.00000218. The van der Waals surface area contributed by atoms with Gasteiger partial charge in [-0.1, -0.05) is 0 Å². The fourth-order valence-electron chi connectivity index (χ4n) is 2.44. The van der Waals surface area contributed by atoms with Gasteiger partial charge in [-0.3, -0.25) is 4.79 Å². The first kappa shape index (κ1) is 41.9. The molecular formula is C16H11N4Na5O9S2. The van der Waals surface area contributed by atoms with Crippen molar-refractivity contribution in [1.29, 1.82) is 0 Å². The Kier molecular flexibility index (Phi) is 20.2. The monoisotopic (exact) mass is 582 g/mol. The van der Waals surface area contributed by atoms with Crippen LogP contribution in [-0.2, 0) is 29.8 Å². The molecule has 1 heterocycles. The first-order chi connectivity index (χ1) is 14.4. The molecule has 1 unspecified atom stereocenters. The van der Waals surface area contributed by atoms with E-state index < -0.39 is 53.7 Å². The summed E-state index contributed by atoms with van der Waals surface area (Å²) in [4.78, 5) is 22.8. The number of carboxylic acids is 1. The van der Waals surface area contributed by atoms with Gasteiger partial charge in [0.2, 0.25) is 0 Å². The van der Waals surface area contributed by atoms with Gasteiger partial charge in [0.15, 0.2) is 6.04 Å². The molecule has 0 saturated carbocycles. The fraction of sp³-hybridized carbons (Fsp3) is 0.0625. The van der Waals surface area contributed by atoms with Gasteiger partial charge in [-0.15, -0.1) is 0 Å². The second-order valence-electron chi connectivity index (χ2n) is 5.94. The summed E-state index contributed by atoms with van der Waals surface area (Å²) in [7, 11) is -9.40. The van der Waals surface area contributed by atoms with Crippen molar-refractivity contribution in [2.45, 2.75) is 15.8 Å². The molecule has 0 radical (unpaired) electrons. The third kappa shape index (κ3) is 10.8. The van der Waals surface area contributed by atoms with Gasteiger partial charge >= 0.3 is 148 Å². The second kappa shape index (κ2) is 17.3. The van der Waals surface area contributed by atoms with Gasteiger partial charge < -0.3 is 19.0 Å². The van der Waals surface area contributed by atoms with Crippen LogP contribution in [0.5, 0.6) is 0 Å². The number of hydrazone groups is 1. The molecule has 0 fully saturated rings. The zero-order valence-electron chi connectivity index (χ0n) is 18.0. The molecule has 0 spiro atoms. The molecule has 2 aromatic rings. The molecule has 13 nitrogen and oxygen atoms in total. The van der Waals surface area contributed by atoms with Crippen LogP contribution in [-0.4, -0.2) is 109 Å². The van der Waals surface area contributed by atoms with Crippen molar-refractivity contribution in [3.63, 3.8) is 0 Å². The number of hydrogen-bond donors (Lipinski definition) is 0. The van der Waals surface area contributed by atoms with E-state index in [2.05, 4.69) is 15.3 Å². The van der Waals surface area contributed by atoms with Crippen molar-refractivity contribution in [2.24, 2.45) is 15.3 Å². The summed E-state index contributed by atoms with van der Waals surface area (Å²) in [5, 5.41) is 22.8. The summed E-state index contributed by atoms with van der Waals surface area (Å²) in [6, 6.07) is 6.40. The van der Waals surface area contributed by atoms with E-state index in [-0.39, 0.29) is 159 Å². The Morgan fingerprint density at radius 2 is 1.25 bits per heavy atom. The molecule has 166 valence electrons.